The van der Waals surface area contributed by atoms with E-state index in [0.29, 0.717) is 38.3 Å². The number of aromatic amines is 1. The first-order chi connectivity index (χ1) is 11.6. The van der Waals surface area contributed by atoms with E-state index in [1.807, 2.05) is 18.2 Å². The Morgan fingerprint density at radius 3 is 2.96 bits per heavy atom. The van der Waals surface area contributed by atoms with Crippen LogP contribution in [0, 0.1) is 0 Å². The summed E-state index contributed by atoms with van der Waals surface area (Å²) in [7, 11) is 0. The average Bonchev–Trinajstić information content (AvgIpc) is 3.12. The van der Waals surface area contributed by atoms with Gasteiger partial charge in [0.15, 0.2) is 0 Å². The van der Waals surface area contributed by atoms with Crippen molar-refractivity contribution in [1.29, 1.82) is 0 Å². The number of benzene rings is 1. The lowest BCUT2D eigenvalue weighted by Crippen LogP contribution is -2.28. The molecule has 0 bridgehead atoms. The first-order valence-electron chi connectivity index (χ1n) is 8.06. The fourth-order valence-corrected chi connectivity index (χ4v) is 3.02. The van der Waals surface area contributed by atoms with Crippen LogP contribution in [0.3, 0.4) is 0 Å². The highest BCUT2D eigenvalue weighted by Crippen LogP contribution is 2.25. The lowest BCUT2D eigenvalue weighted by Gasteiger charge is -2.08. The summed E-state index contributed by atoms with van der Waals surface area (Å²) in [6, 6.07) is 5.91. The lowest BCUT2D eigenvalue weighted by atomic mass is 10.0. The van der Waals surface area contributed by atoms with Gasteiger partial charge in [-0.15, -0.1) is 0 Å². The molecule has 7 nitrogen and oxygen atoms in total. The highest BCUT2D eigenvalue weighted by molar-refractivity contribution is 5.98. The van der Waals surface area contributed by atoms with Crippen LogP contribution in [0.2, 0.25) is 0 Å². The molecule has 3 rings (SSSR count). The minimum atomic E-state index is -0.379. The van der Waals surface area contributed by atoms with Gasteiger partial charge in [-0.3, -0.25) is 0 Å². The highest BCUT2D eigenvalue weighted by atomic mass is 16.6. The topological polar surface area (TPSA) is 106 Å². The van der Waals surface area contributed by atoms with Crippen LogP contribution in [-0.2, 0) is 22.3 Å². The predicted molar refractivity (Wildman–Crippen MR) is 89.0 cm³/mol. The molecule has 0 radical (unpaired) electrons. The summed E-state index contributed by atoms with van der Waals surface area (Å²) in [5.74, 6) is -0.366. The van der Waals surface area contributed by atoms with Crippen LogP contribution < -0.4 is 11.1 Å². The second-order valence-electron chi connectivity index (χ2n) is 5.76. The van der Waals surface area contributed by atoms with E-state index >= 15 is 0 Å². The molecule has 4 N–H and O–H groups in total. The van der Waals surface area contributed by atoms with Gasteiger partial charge in [0.1, 0.15) is 12.3 Å². The van der Waals surface area contributed by atoms with Crippen LogP contribution in [0.15, 0.2) is 18.2 Å². The van der Waals surface area contributed by atoms with Gasteiger partial charge in [-0.1, -0.05) is 6.07 Å². The van der Waals surface area contributed by atoms with Gasteiger partial charge >= 0.3 is 12.1 Å². The third kappa shape index (κ3) is 3.21. The number of nitrogens with one attached hydrogen (secondary N) is 2. The molecule has 128 valence electrons. The van der Waals surface area contributed by atoms with E-state index in [0.717, 1.165) is 22.0 Å². The molecule has 1 amide bonds. The second kappa shape index (κ2) is 6.92. The average molecular weight is 331 g/mol. The summed E-state index contributed by atoms with van der Waals surface area (Å²) >= 11 is 0. The van der Waals surface area contributed by atoms with Crippen LogP contribution in [-0.4, -0.2) is 42.8 Å². The monoisotopic (exact) mass is 331 g/mol. The zero-order valence-electron chi connectivity index (χ0n) is 13.6. The van der Waals surface area contributed by atoms with Crippen molar-refractivity contribution in [2.24, 2.45) is 5.73 Å². The number of nitrogens with two attached hydrogens (primary N) is 1. The zero-order valence-corrected chi connectivity index (χ0v) is 13.6. The first-order valence-corrected chi connectivity index (χ1v) is 8.06. The number of carbonyl (C=O) groups excluding carboxylic acids is 2. The molecule has 1 atom stereocenters. The Morgan fingerprint density at radius 2 is 2.29 bits per heavy atom. The maximum atomic E-state index is 12.2. The maximum absolute atomic E-state index is 12.2. The van der Waals surface area contributed by atoms with Crippen molar-refractivity contribution in [2.45, 2.75) is 25.8 Å². The summed E-state index contributed by atoms with van der Waals surface area (Å²) in [5.41, 5.74) is 8.98. The fraction of sp³-hybridized carbons (Fsp3) is 0.412. The summed E-state index contributed by atoms with van der Waals surface area (Å²) in [5, 5.41) is 3.73. The summed E-state index contributed by atoms with van der Waals surface area (Å²) in [4.78, 5) is 26.4. The van der Waals surface area contributed by atoms with Gasteiger partial charge < -0.3 is 25.5 Å². The Kier molecular flexibility index (Phi) is 4.71. The highest BCUT2D eigenvalue weighted by Gasteiger charge is 2.23. The van der Waals surface area contributed by atoms with Crippen LogP contribution in [0.25, 0.3) is 10.9 Å². The number of fused-ring (bicyclic) bond motifs is 1. The normalized spacial score (nSPS) is 16.9. The maximum Gasteiger partial charge on any atom is 0.407 e. The Labute approximate surface area is 139 Å². The Balaban J connectivity index is 1.93. The summed E-state index contributed by atoms with van der Waals surface area (Å²) in [6.07, 6.45) is 0.876. The van der Waals surface area contributed by atoms with E-state index in [1.165, 1.54) is 0 Å². The number of hydrogen-bond acceptors (Lipinski definition) is 5. The van der Waals surface area contributed by atoms with Crippen molar-refractivity contribution < 1.29 is 19.1 Å². The number of aromatic nitrogens is 1. The van der Waals surface area contributed by atoms with E-state index in [4.69, 9.17) is 15.2 Å². The van der Waals surface area contributed by atoms with Crippen molar-refractivity contribution >= 4 is 23.0 Å². The number of esters is 1. The van der Waals surface area contributed by atoms with Crippen molar-refractivity contribution in [2.75, 3.05) is 19.8 Å². The van der Waals surface area contributed by atoms with E-state index in [2.05, 4.69) is 10.3 Å². The summed E-state index contributed by atoms with van der Waals surface area (Å²) < 4.78 is 10.0. The van der Waals surface area contributed by atoms with E-state index < -0.39 is 0 Å². The number of alkyl carbamates (subject to hydrolysis) is 1. The van der Waals surface area contributed by atoms with E-state index in [-0.39, 0.29) is 18.1 Å². The molecular weight excluding hydrogens is 310 g/mol. The molecule has 7 heteroatoms. The Bertz CT molecular complexity index is 769. The number of carbonyl (C=O) groups is 2. The lowest BCUT2D eigenvalue weighted by molar-refractivity contribution is 0.0519. The van der Waals surface area contributed by atoms with Gasteiger partial charge in [0, 0.05) is 10.9 Å². The van der Waals surface area contributed by atoms with Crippen LogP contribution in [0.1, 0.15) is 28.5 Å². The van der Waals surface area contributed by atoms with Gasteiger partial charge in [0.25, 0.3) is 0 Å². The first kappa shape index (κ1) is 16.3. The van der Waals surface area contributed by atoms with E-state index in [1.54, 1.807) is 6.92 Å². The van der Waals surface area contributed by atoms with Crippen LogP contribution in [0.4, 0.5) is 4.79 Å². The quantitative estimate of drug-likeness (QED) is 0.695. The van der Waals surface area contributed by atoms with Gasteiger partial charge in [0.2, 0.25) is 0 Å². The molecule has 1 fully saturated rings. The number of rotatable bonds is 6. The zero-order chi connectivity index (χ0) is 17.1. The van der Waals surface area contributed by atoms with Crippen LogP contribution in [0.5, 0.6) is 0 Å². The SMILES string of the molecule is CCOC(=O)c1[nH]c2ccc(C[C@H]3COC(=O)N3)cc2c1CCN. The molecule has 0 saturated carbocycles. The van der Waals surface area contributed by atoms with Crippen molar-refractivity contribution in [3.8, 4) is 0 Å². The molecule has 2 aromatic rings. The third-order valence-corrected chi connectivity index (χ3v) is 4.06. The van der Waals surface area contributed by atoms with Crippen molar-refractivity contribution in [3.05, 3.63) is 35.0 Å². The Morgan fingerprint density at radius 1 is 1.46 bits per heavy atom. The molecule has 0 aliphatic carbocycles. The largest absolute Gasteiger partial charge is 0.461 e. The minimum Gasteiger partial charge on any atom is -0.461 e. The molecule has 0 spiro atoms. The Hall–Kier alpha value is -2.54. The van der Waals surface area contributed by atoms with Crippen LogP contribution >= 0.6 is 0 Å². The number of H-pyrrole nitrogens is 1. The van der Waals surface area contributed by atoms with Crippen molar-refractivity contribution in [1.82, 2.24) is 10.3 Å². The smallest absolute Gasteiger partial charge is 0.407 e. The molecule has 24 heavy (non-hydrogen) atoms. The third-order valence-electron chi connectivity index (χ3n) is 4.06. The molecule has 0 unspecified atom stereocenters. The number of hydrogen-bond donors (Lipinski definition) is 3. The van der Waals surface area contributed by atoms with Gasteiger partial charge in [-0.2, -0.15) is 0 Å². The molecule has 1 aliphatic rings. The van der Waals surface area contributed by atoms with Gasteiger partial charge in [-0.05, 0) is 49.6 Å². The number of cyclic esters (lactones) is 1. The second-order valence-corrected chi connectivity index (χ2v) is 5.76. The summed E-state index contributed by atoms with van der Waals surface area (Å²) in [6.45, 7) is 2.91. The number of amides is 1. The molecule has 1 aliphatic heterocycles. The molecular formula is C17H21N3O4. The molecule has 1 saturated heterocycles. The van der Waals surface area contributed by atoms with E-state index in [9.17, 15) is 9.59 Å². The van der Waals surface area contributed by atoms with Crippen molar-refractivity contribution in [3.63, 3.8) is 0 Å². The fourth-order valence-electron chi connectivity index (χ4n) is 3.02. The number of ether oxygens (including phenoxy) is 2. The standard InChI is InChI=1S/C17H21N3O4/c1-2-23-16(21)15-12(5-6-18)13-8-10(3-4-14(13)20-15)7-11-9-24-17(22)19-11/h3-4,8,11,20H,2,5-7,9,18H2,1H3,(H,19,22)/t11-/m0/s1. The molecule has 1 aromatic heterocycles. The molecule has 2 heterocycles. The van der Waals surface area contributed by atoms with Gasteiger partial charge in [-0.25, -0.2) is 9.59 Å². The minimum absolute atomic E-state index is 0.0311. The molecule has 1 aromatic carbocycles. The van der Waals surface area contributed by atoms with Gasteiger partial charge in [0.05, 0.1) is 12.6 Å². The predicted octanol–water partition coefficient (Wildman–Crippen LogP) is 1.50.